The highest BCUT2D eigenvalue weighted by Crippen LogP contribution is 2.22. The average Bonchev–Trinajstić information content (AvgIpc) is 2.71. The van der Waals surface area contributed by atoms with Gasteiger partial charge in [0.05, 0.1) is 16.7 Å². The second-order valence-corrected chi connectivity index (χ2v) is 5.96. The SMILES string of the molecule is Cc1nc(C(C)NC(=O)c2ccc(=O)n(C)n2)c(C)s1. The molecule has 106 valence electrons. The van der Waals surface area contributed by atoms with Crippen molar-refractivity contribution in [2.45, 2.75) is 26.8 Å². The minimum atomic E-state index is -0.321. The molecule has 0 spiro atoms. The summed E-state index contributed by atoms with van der Waals surface area (Å²) in [5.41, 5.74) is 0.829. The lowest BCUT2D eigenvalue weighted by molar-refractivity contribution is 0.0931. The van der Waals surface area contributed by atoms with E-state index in [1.165, 1.54) is 19.2 Å². The van der Waals surface area contributed by atoms with E-state index in [1.807, 2.05) is 20.8 Å². The van der Waals surface area contributed by atoms with Crippen LogP contribution in [0.3, 0.4) is 0 Å². The summed E-state index contributed by atoms with van der Waals surface area (Å²) in [6, 6.07) is 2.54. The lowest BCUT2D eigenvalue weighted by Gasteiger charge is -2.12. The molecule has 1 atom stereocenters. The third-order valence-electron chi connectivity index (χ3n) is 2.89. The molecule has 0 fully saturated rings. The Hall–Kier alpha value is -2.02. The maximum Gasteiger partial charge on any atom is 0.272 e. The Morgan fingerprint density at radius 1 is 1.40 bits per heavy atom. The highest BCUT2D eigenvalue weighted by molar-refractivity contribution is 7.11. The predicted molar refractivity (Wildman–Crippen MR) is 76.9 cm³/mol. The van der Waals surface area contributed by atoms with Crippen molar-refractivity contribution in [2.24, 2.45) is 7.05 Å². The van der Waals surface area contributed by atoms with Gasteiger partial charge in [-0.2, -0.15) is 5.10 Å². The molecular weight excluding hydrogens is 276 g/mol. The van der Waals surface area contributed by atoms with Crippen molar-refractivity contribution < 1.29 is 4.79 Å². The number of nitrogens with one attached hydrogen (secondary N) is 1. The van der Waals surface area contributed by atoms with Gasteiger partial charge in [0.2, 0.25) is 0 Å². The molecule has 2 rings (SSSR count). The molecule has 2 aromatic rings. The first kappa shape index (κ1) is 14.4. The Bertz CT molecular complexity index is 705. The van der Waals surface area contributed by atoms with E-state index in [0.29, 0.717) is 0 Å². The summed E-state index contributed by atoms with van der Waals surface area (Å²) in [6.45, 7) is 5.79. The normalized spacial score (nSPS) is 12.2. The van der Waals surface area contributed by atoms with Gasteiger partial charge in [-0.15, -0.1) is 11.3 Å². The molecule has 0 aliphatic heterocycles. The predicted octanol–water partition coefficient (Wildman–Crippen LogP) is 1.34. The highest BCUT2D eigenvalue weighted by Gasteiger charge is 2.17. The van der Waals surface area contributed by atoms with E-state index in [-0.39, 0.29) is 23.2 Å². The molecule has 0 saturated heterocycles. The van der Waals surface area contributed by atoms with Crippen LogP contribution in [0.15, 0.2) is 16.9 Å². The number of aryl methyl sites for hydroxylation is 3. The number of thiazole rings is 1. The maximum atomic E-state index is 12.1. The van der Waals surface area contributed by atoms with Gasteiger partial charge in [0.1, 0.15) is 5.69 Å². The Kier molecular flexibility index (Phi) is 3.99. The Morgan fingerprint density at radius 2 is 2.10 bits per heavy atom. The van der Waals surface area contributed by atoms with Crippen molar-refractivity contribution in [3.8, 4) is 0 Å². The molecule has 2 aromatic heterocycles. The fourth-order valence-electron chi connectivity index (χ4n) is 1.91. The summed E-state index contributed by atoms with van der Waals surface area (Å²) < 4.78 is 1.14. The van der Waals surface area contributed by atoms with E-state index in [1.54, 1.807) is 11.3 Å². The van der Waals surface area contributed by atoms with Crippen LogP contribution in [0, 0.1) is 13.8 Å². The van der Waals surface area contributed by atoms with Crippen molar-refractivity contribution in [1.82, 2.24) is 20.1 Å². The van der Waals surface area contributed by atoms with Crippen LogP contribution in [0.1, 0.15) is 39.0 Å². The summed E-state index contributed by atoms with van der Waals surface area (Å²) in [5, 5.41) is 7.73. The average molecular weight is 292 g/mol. The van der Waals surface area contributed by atoms with E-state index >= 15 is 0 Å². The molecule has 7 heteroatoms. The number of hydrogen-bond acceptors (Lipinski definition) is 5. The second-order valence-electron chi connectivity index (χ2n) is 4.55. The van der Waals surface area contributed by atoms with Gasteiger partial charge in [-0.05, 0) is 26.8 Å². The number of amides is 1. The zero-order valence-corrected chi connectivity index (χ0v) is 12.6. The summed E-state index contributed by atoms with van der Waals surface area (Å²) in [4.78, 5) is 28.8. The van der Waals surface area contributed by atoms with Crippen molar-refractivity contribution >= 4 is 17.2 Å². The zero-order valence-electron chi connectivity index (χ0n) is 11.8. The van der Waals surface area contributed by atoms with Gasteiger partial charge in [0.25, 0.3) is 11.5 Å². The Labute approximate surface area is 120 Å². The lowest BCUT2D eigenvalue weighted by Crippen LogP contribution is -2.30. The third kappa shape index (κ3) is 2.93. The molecule has 0 aliphatic carbocycles. The number of carbonyl (C=O) groups excluding carboxylic acids is 1. The van der Waals surface area contributed by atoms with E-state index in [9.17, 15) is 9.59 Å². The fraction of sp³-hybridized carbons (Fsp3) is 0.385. The summed E-state index contributed by atoms with van der Waals surface area (Å²) in [5.74, 6) is -0.321. The lowest BCUT2D eigenvalue weighted by atomic mass is 10.2. The van der Waals surface area contributed by atoms with Gasteiger partial charge in [-0.1, -0.05) is 0 Å². The molecule has 0 saturated carbocycles. The smallest absolute Gasteiger partial charge is 0.272 e. The molecule has 0 aromatic carbocycles. The van der Waals surface area contributed by atoms with Crippen LogP contribution < -0.4 is 10.9 Å². The summed E-state index contributed by atoms with van der Waals surface area (Å²) in [6.07, 6.45) is 0. The molecular formula is C13H16N4O2S. The molecule has 20 heavy (non-hydrogen) atoms. The minimum absolute atomic E-state index is 0.202. The van der Waals surface area contributed by atoms with Gasteiger partial charge >= 0.3 is 0 Å². The monoisotopic (exact) mass is 292 g/mol. The number of hydrogen-bond donors (Lipinski definition) is 1. The van der Waals surface area contributed by atoms with Gasteiger partial charge in [-0.25, -0.2) is 9.67 Å². The second kappa shape index (κ2) is 5.54. The topological polar surface area (TPSA) is 76.9 Å². The number of nitrogens with zero attached hydrogens (tertiary/aromatic N) is 3. The molecule has 1 N–H and O–H groups in total. The van der Waals surface area contributed by atoms with Crippen LogP contribution >= 0.6 is 11.3 Å². The van der Waals surface area contributed by atoms with Crippen LogP contribution in [0.4, 0.5) is 0 Å². The standard InChI is InChI=1S/C13H16N4O2S/c1-7(12-8(2)20-9(3)15-12)14-13(19)10-5-6-11(18)17(4)16-10/h5-7H,1-4H3,(H,14,19). The van der Waals surface area contributed by atoms with E-state index in [4.69, 9.17) is 0 Å². The molecule has 1 unspecified atom stereocenters. The maximum absolute atomic E-state index is 12.1. The van der Waals surface area contributed by atoms with E-state index in [2.05, 4.69) is 15.4 Å². The molecule has 0 bridgehead atoms. The Morgan fingerprint density at radius 3 is 2.65 bits per heavy atom. The van der Waals surface area contributed by atoms with Crippen molar-refractivity contribution in [1.29, 1.82) is 0 Å². The molecule has 6 nitrogen and oxygen atoms in total. The zero-order chi connectivity index (χ0) is 14.9. The quantitative estimate of drug-likeness (QED) is 0.926. The largest absolute Gasteiger partial charge is 0.343 e. The van der Waals surface area contributed by atoms with Gasteiger partial charge < -0.3 is 5.32 Å². The van der Waals surface area contributed by atoms with Crippen molar-refractivity contribution in [2.75, 3.05) is 0 Å². The van der Waals surface area contributed by atoms with Crippen LogP contribution in [0.25, 0.3) is 0 Å². The molecule has 1 amide bonds. The van der Waals surface area contributed by atoms with Crippen molar-refractivity contribution in [3.05, 3.63) is 43.8 Å². The highest BCUT2D eigenvalue weighted by atomic mass is 32.1. The van der Waals surface area contributed by atoms with Crippen LogP contribution in [-0.2, 0) is 7.05 Å². The summed E-state index contributed by atoms with van der Waals surface area (Å²) in [7, 11) is 1.51. The number of rotatable bonds is 3. The first-order valence-electron chi connectivity index (χ1n) is 6.17. The van der Waals surface area contributed by atoms with E-state index < -0.39 is 0 Å². The van der Waals surface area contributed by atoms with Gasteiger partial charge in [-0.3, -0.25) is 9.59 Å². The summed E-state index contributed by atoms with van der Waals surface area (Å²) >= 11 is 1.60. The Balaban J connectivity index is 2.17. The number of aromatic nitrogens is 3. The molecule has 0 radical (unpaired) electrons. The van der Waals surface area contributed by atoms with Gasteiger partial charge in [0, 0.05) is 18.0 Å². The minimum Gasteiger partial charge on any atom is -0.343 e. The van der Waals surface area contributed by atoms with E-state index in [0.717, 1.165) is 20.3 Å². The molecule has 2 heterocycles. The van der Waals surface area contributed by atoms with Gasteiger partial charge in [0.15, 0.2) is 0 Å². The van der Waals surface area contributed by atoms with Crippen LogP contribution in [0.2, 0.25) is 0 Å². The number of carbonyl (C=O) groups is 1. The molecule has 0 aliphatic rings. The van der Waals surface area contributed by atoms with Crippen LogP contribution in [0.5, 0.6) is 0 Å². The van der Waals surface area contributed by atoms with Crippen molar-refractivity contribution in [3.63, 3.8) is 0 Å². The third-order valence-corrected chi connectivity index (χ3v) is 3.79. The van der Waals surface area contributed by atoms with Crippen LogP contribution in [-0.4, -0.2) is 20.7 Å². The first-order chi connectivity index (χ1) is 9.38. The first-order valence-corrected chi connectivity index (χ1v) is 6.99. The fourth-order valence-corrected chi connectivity index (χ4v) is 2.82.